The van der Waals surface area contributed by atoms with Crippen molar-refractivity contribution in [1.82, 2.24) is 5.32 Å². The fourth-order valence-electron chi connectivity index (χ4n) is 0.660. The molecule has 0 unspecified atom stereocenters. The molecule has 0 rings (SSSR count). The van der Waals surface area contributed by atoms with Crippen molar-refractivity contribution >= 4 is 6.21 Å². The van der Waals surface area contributed by atoms with Gasteiger partial charge in [0.15, 0.2) is 0 Å². The van der Waals surface area contributed by atoms with Crippen molar-refractivity contribution in [1.29, 1.82) is 5.41 Å². The Hall–Kier alpha value is -1.00. The molecule has 5 heteroatoms. The maximum Gasteiger partial charge on any atom is 0.405 e. The van der Waals surface area contributed by atoms with Crippen molar-refractivity contribution in [3.63, 3.8) is 0 Å². The highest BCUT2D eigenvalue weighted by molar-refractivity contribution is 5.75. The molecule has 0 radical (unpaired) electrons. The first-order valence-corrected chi connectivity index (χ1v) is 3.87. The fraction of sp³-hybridized carbons (Fsp3) is 0.625. The first-order valence-electron chi connectivity index (χ1n) is 3.87. The summed E-state index contributed by atoms with van der Waals surface area (Å²) in [7, 11) is 0. The Balaban J connectivity index is 4.02. The molecule has 0 aliphatic carbocycles. The summed E-state index contributed by atoms with van der Waals surface area (Å²) in [6.45, 7) is 2.56. The van der Waals surface area contributed by atoms with E-state index in [0.717, 1.165) is 6.21 Å². The monoisotopic (exact) mass is 194 g/mol. The Bertz CT molecular complexity index is 194. The third-order valence-electron chi connectivity index (χ3n) is 1.40. The molecule has 0 heterocycles. The Morgan fingerprint density at radius 3 is 2.31 bits per heavy atom. The number of hydrogen-bond donors (Lipinski definition) is 2. The maximum atomic E-state index is 11.7. The molecular weight excluding hydrogens is 181 g/mol. The Morgan fingerprint density at radius 1 is 1.46 bits per heavy atom. The molecule has 2 N–H and O–H groups in total. The van der Waals surface area contributed by atoms with Crippen LogP contribution in [0.25, 0.3) is 0 Å². The van der Waals surface area contributed by atoms with Crippen molar-refractivity contribution in [3.05, 3.63) is 11.8 Å². The maximum absolute atomic E-state index is 11.7. The van der Waals surface area contributed by atoms with Gasteiger partial charge in [-0.15, -0.1) is 0 Å². The number of alkyl halides is 3. The van der Waals surface area contributed by atoms with Gasteiger partial charge in [-0.25, -0.2) is 0 Å². The number of halogens is 3. The predicted molar refractivity (Wildman–Crippen MR) is 45.8 cm³/mol. The zero-order chi connectivity index (χ0) is 10.5. The molecule has 0 aliphatic rings. The van der Waals surface area contributed by atoms with Gasteiger partial charge in [-0.05, 0) is 11.5 Å². The van der Waals surface area contributed by atoms with Crippen molar-refractivity contribution < 1.29 is 13.2 Å². The van der Waals surface area contributed by atoms with Gasteiger partial charge in [-0.1, -0.05) is 13.8 Å². The molecule has 0 aromatic heterocycles. The van der Waals surface area contributed by atoms with Gasteiger partial charge in [0, 0.05) is 12.4 Å². The van der Waals surface area contributed by atoms with Crippen LogP contribution in [0.15, 0.2) is 11.8 Å². The zero-order valence-corrected chi connectivity index (χ0v) is 7.57. The number of rotatable bonds is 4. The zero-order valence-electron chi connectivity index (χ0n) is 7.57. The van der Waals surface area contributed by atoms with Crippen LogP contribution in [0.3, 0.4) is 0 Å². The highest BCUT2D eigenvalue weighted by Crippen LogP contribution is 2.12. The summed E-state index contributed by atoms with van der Waals surface area (Å²) in [4.78, 5) is 0. The van der Waals surface area contributed by atoms with Crippen LogP contribution in [-0.4, -0.2) is 18.9 Å². The molecule has 0 atom stereocenters. The number of allylic oxidation sites excluding steroid dienone is 1. The minimum absolute atomic E-state index is 0.0539. The van der Waals surface area contributed by atoms with Gasteiger partial charge >= 0.3 is 6.18 Å². The van der Waals surface area contributed by atoms with Gasteiger partial charge in [0.05, 0.1) is 0 Å². The first kappa shape index (κ1) is 12.0. The quantitative estimate of drug-likeness (QED) is 0.662. The minimum atomic E-state index is -4.21. The lowest BCUT2D eigenvalue weighted by atomic mass is 10.1. The molecule has 0 bridgehead atoms. The molecule has 0 aromatic carbocycles. The second-order valence-corrected chi connectivity index (χ2v) is 2.94. The number of nitrogens with one attached hydrogen (secondary N) is 2. The van der Waals surface area contributed by atoms with Crippen LogP contribution < -0.4 is 5.32 Å². The summed E-state index contributed by atoms with van der Waals surface area (Å²) in [5, 5.41) is 9.03. The van der Waals surface area contributed by atoms with Crippen LogP contribution in [-0.2, 0) is 0 Å². The van der Waals surface area contributed by atoms with Gasteiger partial charge in [0.2, 0.25) is 0 Å². The van der Waals surface area contributed by atoms with Crippen molar-refractivity contribution in [2.45, 2.75) is 20.0 Å². The highest BCUT2D eigenvalue weighted by atomic mass is 19.4. The van der Waals surface area contributed by atoms with Gasteiger partial charge in [0.1, 0.15) is 6.54 Å². The van der Waals surface area contributed by atoms with Crippen molar-refractivity contribution in [3.8, 4) is 0 Å². The normalized spacial score (nSPS) is 13.2. The van der Waals surface area contributed by atoms with Gasteiger partial charge in [-0.3, -0.25) is 0 Å². The second-order valence-electron chi connectivity index (χ2n) is 2.94. The smallest absolute Gasteiger partial charge is 0.382 e. The van der Waals surface area contributed by atoms with E-state index in [1.54, 1.807) is 0 Å². The van der Waals surface area contributed by atoms with E-state index in [2.05, 4.69) is 5.32 Å². The lowest BCUT2D eigenvalue weighted by Crippen LogP contribution is -2.25. The van der Waals surface area contributed by atoms with Crippen molar-refractivity contribution in [2.75, 3.05) is 6.54 Å². The van der Waals surface area contributed by atoms with E-state index in [1.807, 2.05) is 13.8 Å². The third kappa shape index (κ3) is 6.19. The molecule has 0 saturated heterocycles. The molecule has 13 heavy (non-hydrogen) atoms. The minimum Gasteiger partial charge on any atom is -0.382 e. The molecule has 0 saturated carbocycles. The van der Waals surface area contributed by atoms with Crippen LogP contribution in [0.1, 0.15) is 13.8 Å². The van der Waals surface area contributed by atoms with E-state index in [4.69, 9.17) is 5.41 Å². The summed E-state index contributed by atoms with van der Waals surface area (Å²) in [5.41, 5.74) is 0.546. The molecule has 2 nitrogen and oxygen atoms in total. The highest BCUT2D eigenvalue weighted by Gasteiger charge is 2.25. The van der Waals surface area contributed by atoms with Crippen LogP contribution in [0, 0.1) is 11.3 Å². The van der Waals surface area contributed by atoms with E-state index in [9.17, 15) is 13.2 Å². The van der Waals surface area contributed by atoms with Crippen LogP contribution >= 0.6 is 0 Å². The Labute approximate surface area is 75.3 Å². The average Bonchev–Trinajstić information content (AvgIpc) is 1.95. The third-order valence-corrected chi connectivity index (χ3v) is 1.40. The summed E-state index contributed by atoms with van der Waals surface area (Å²) in [6, 6.07) is 0. The van der Waals surface area contributed by atoms with E-state index < -0.39 is 12.7 Å². The standard InChI is InChI=1S/C8H13F3N2/c1-6(2)7(3-12)4-13-5-8(9,10)11/h3-4,6,12-13H,5H2,1-2H3/b7-4+,12-3?. The number of hydrogen-bond acceptors (Lipinski definition) is 2. The van der Waals surface area contributed by atoms with E-state index in [0.29, 0.717) is 5.57 Å². The fourth-order valence-corrected chi connectivity index (χ4v) is 0.660. The summed E-state index contributed by atoms with van der Waals surface area (Å²) in [6.07, 6.45) is -1.93. The second kappa shape index (κ2) is 4.89. The van der Waals surface area contributed by atoms with Gasteiger partial charge in [-0.2, -0.15) is 13.2 Å². The van der Waals surface area contributed by atoms with Gasteiger partial charge < -0.3 is 10.7 Å². The van der Waals surface area contributed by atoms with Crippen LogP contribution in [0.4, 0.5) is 13.2 Å². The van der Waals surface area contributed by atoms with Crippen molar-refractivity contribution in [2.24, 2.45) is 5.92 Å². The lowest BCUT2D eigenvalue weighted by Gasteiger charge is -2.08. The SMILES string of the molecule is CC(C)/C(C=N)=C/NCC(F)(F)F. The van der Waals surface area contributed by atoms with Crippen LogP contribution in [0.2, 0.25) is 0 Å². The summed E-state index contributed by atoms with van der Waals surface area (Å²) in [5.74, 6) is 0.0539. The first-order chi connectivity index (χ1) is 5.87. The average molecular weight is 194 g/mol. The lowest BCUT2D eigenvalue weighted by molar-refractivity contribution is -0.122. The molecular formula is C8H13F3N2. The molecule has 0 amide bonds. The Kier molecular flexibility index (Phi) is 4.51. The van der Waals surface area contributed by atoms with E-state index in [1.165, 1.54) is 6.20 Å². The van der Waals surface area contributed by atoms with Crippen LogP contribution in [0.5, 0.6) is 0 Å². The molecule has 76 valence electrons. The van der Waals surface area contributed by atoms with Gasteiger partial charge in [0.25, 0.3) is 0 Å². The summed E-state index contributed by atoms with van der Waals surface area (Å²) < 4.78 is 35.0. The van der Waals surface area contributed by atoms with E-state index >= 15 is 0 Å². The predicted octanol–water partition coefficient (Wildman–Crippen LogP) is 2.33. The largest absolute Gasteiger partial charge is 0.405 e. The molecule has 0 spiro atoms. The topological polar surface area (TPSA) is 35.9 Å². The molecule has 0 aliphatic heterocycles. The Morgan fingerprint density at radius 2 is 2.00 bits per heavy atom. The molecule has 0 fully saturated rings. The van der Waals surface area contributed by atoms with E-state index in [-0.39, 0.29) is 5.92 Å². The summed E-state index contributed by atoms with van der Waals surface area (Å²) >= 11 is 0. The molecule has 0 aromatic rings.